The summed E-state index contributed by atoms with van der Waals surface area (Å²) in [6, 6.07) is 0. The van der Waals surface area contributed by atoms with E-state index in [1.54, 1.807) is 0 Å². The number of nitrogens with zero attached hydrogens (tertiary/aromatic N) is 3. The summed E-state index contributed by atoms with van der Waals surface area (Å²) < 4.78 is 0. The molecule has 1 radical (unpaired) electrons. The number of piperazine rings is 1. The van der Waals surface area contributed by atoms with Gasteiger partial charge >= 0.3 is 0 Å². The van der Waals surface area contributed by atoms with Crippen LogP contribution in [0.4, 0.5) is 0 Å². The Bertz CT molecular complexity index is 131. The summed E-state index contributed by atoms with van der Waals surface area (Å²) in [5.41, 5.74) is 0. The first kappa shape index (κ1) is 10.4. The molecule has 2 rings (SSSR count). The molecule has 0 aliphatic carbocycles. The standard InChI is InChI=1S/C11H22N3/c1-2-6-13(7-3-1)10-11-14-8-4-12-5-9-14/h1-11H2. The molecule has 3 heteroatoms. The van der Waals surface area contributed by atoms with Crippen LogP contribution in [0, 0.1) is 0 Å². The molecule has 81 valence electrons. The van der Waals surface area contributed by atoms with E-state index in [9.17, 15) is 0 Å². The van der Waals surface area contributed by atoms with Crippen molar-refractivity contribution >= 4 is 0 Å². The van der Waals surface area contributed by atoms with Gasteiger partial charge in [-0.05, 0) is 25.9 Å². The fourth-order valence-electron chi connectivity index (χ4n) is 2.34. The van der Waals surface area contributed by atoms with E-state index in [-0.39, 0.29) is 0 Å². The van der Waals surface area contributed by atoms with E-state index < -0.39 is 0 Å². The molecule has 0 saturated carbocycles. The highest BCUT2D eigenvalue weighted by atomic mass is 15.2. The second-order valence-electron chi connectivity index (χ2n) is 4.41. The maximum absolute atomic E-state index is 4.37. The third-order valence-corrected chi connectivity index (χ3v) is 3.33. The average molecular weight is 196 g/mol. The molecule has 0 amide bonds. The molecular formula is C11H22N3. The van der Waals surface area contributed by atoms with Crippen LogP contribution in [0.5, 0.6) is 0 Å². The van der Waals surface area contributed by atoms with Crippen molar-refractivity contribution in [3.63, 3.8) is 0 Å². The van der Waals surface area contributed by atoms with Gasteiger partial charge in [0.25, 0.3) is 0 Å². The maximum Gasteiger partial charge on any atom is 0.0261 e. The Morgan fingerprint density at radius 2 is 1.29 bits per heavy atom. The van der Waals surface area contributed by atoms with Crippen molar-refractivity contribution in [2.75, 3.05) is 52.4 Å². The first-order valence-corrected chi connectivity index (χ1v) is 6.03. The molecule has 0 N–H and O–H groups in total. The van der Waals surface area contributed by atoms with Crippen molar-refractivity contribution in [3.8, 4) is 0 Å². The first-order valence-electron chi connectivity index (χ1n) is 6.03. The Morgan fingerprint density at radius 1 is 0.714 bits per heavy atom. The molecule has 0 atom stereocenters. The largest absolute Gasteiger partial charge is 0.302 e. The zero-order valence-electron chi connectivity index (χ0n) is 9.12. The fourth-order valence-corrected chi connectivity index (χ4v) is 2.34. The predicted octanol–water partition coefficient (Wildman–Crippen LogP) is 0.392. The third kappa shape index (κ3) is 3.23. The Labute approximate surface area is 87.4 Å². The van der Waals surface area contributed by atoms with Gasteiger partial charge in [-0.3, -0.25) is 4.90 Å². The minimum Gasteiger partial charge on any atom is -0.302 e. The van der Waals surface area contributed by atoms with E-state index in [4.69, 9.17) is 0 Å². The summed E-state index contributed by atoms with van der Waals surface area (Å²) in [6.07, 6.45) is 4.27. The average Bonchev–Trinajstić information content (AvgIpc) is 2.29. The summed E-state index contributed by atoms with van der Waals surface area (Å²) in [5, 5.41) is 4.37. The number of hydrogen-bond donors (Lipinski definition) is 0. The zero-order chi connectivity index (χ0) is 9.64. The van der Waals surface area contributed by atoms with Crippen LogP contribution < -0.4 is 5.32 Å². The van der Waals surface area contributed by atoms with Gasteiger partial charge in [-0.25, -0.2) is 5.32 Å². The molecule has 0 unspecified atom stereocenters. The summed E-state index contributed by atoms with van der Waals surface area (Å²) in [5.74, 6) is 0. The van der Waals surface area contributed by atoms with E-state index in [0.717, 1.165) is 13.1 Å². The molecule has 2 heterocycles. The topological polar surface area (TPSA) is 20.6 Å². The van der Waals surface area contributed by atoms with Crippen molar-refractivity contribution in [1.82, 2.24) is 15.1 Å². The van der Waals surface area contributed by atoms with E-state index in [2.05, 4.69) is 15.1 Å². The van der Waals surface area contributed by atoms with E-state index in [1.165, 1.54) is 58.5 Å². The molecule has 2 saturated heterocycles. The lowest BCUT2D eigenvalue weighted by Gasteiger charge is -2.31. The SMILES string of the molecule is C1CCN(CCN2CC[N]CC2)CC1. The van der Waals surface area contributed by atoms with E-state index in [0.29, 0.717) is 0 Å². The van der Waals surface area contributed by atoms with Gasteiger partial charge in [-0.15, -0.1) is 0 Å². The van der Waals surface area contributed by atoms with Crippen LogP contribution in [-0.4, -0.2) is 62.2 Å². The molecule has 0 aromatic rings. The summed E-state index contributed by atoms with van der Waals surface area (Å²) in [6.45, 7) is 9.69. The summed E-state index contributed by atoms with van der Waals surface area (Å²) >= 11 is 0. The van der Waals surface area contributed by atoms with Gasteiger partial charge in [0, 0.05) is 39.3 Å². The minimum atomic E-state index is 1.06. The number of likely N-dealkylation sites (tertiary alicyclic amines) is 1. The van der Waals surface area contributed by atoms with Crippen molar-refractivity contribution in [2.24, 2.45) is 0 Å². The van der Waals surface area contributed by atoms with Gasteiger partial charge < -0.3 is 4.90 Å². The normalized spacial score (nSPS) is 26.6. The predicted molar refractivity (Wildman–Crippen MR) is 58.6 cm³/mol. The van der Waals surface area contributed by atoms with Crippen molar-refractivity contribution in [1.29, 1.82) is 0 Å². The lowest BCUT2D eigenvalue weighted by Crippen LogP contribution is -2.44. The molecule has 0 aromatic heterocycles. The van der Waals surface area contributed by atoms with Crippen LogP contribution in [0.25, 0.3) is 0 Å². The van der Waals surface area contributed by atoms with E-state index in [1.807, 2.05) is 0 Å². The molecule has 2 fully saturated rings. The molecule has 3 nitrogen and oxygen atoms in total. The van der Waals surface area contributed by atoms with Crippen LogP contribution in [0.2, 0.25) is 0 Å². The molecule has 2 aliphatic heterocycles. The Kier molecular flexibility index (Phi) is 4.22. The summed E-state index contributed by atoms with van der Waals surface area (Å²) in [7, 11) is 0. The van der Waals surface area contributed by atoms with Gasteiger partial charge in [0.05, 0.1) is 0 Å². The third-order valence-electron chi connectivity index (χ3n) is 3.33. The number of piperidine rings is 1. The number of hydrogen-bond acceptors (Lipinski definition) is 2. The monoisotopic (exact) mass is 196 g/mol. The van der Waals surface area contributed by atoms with Crippen LogP contribution in [0.3, 0.4) is 0 Å². The van der Waals surface area contributed by atoms with E-state index >= 15 is 0 Å². The van der Waals surface area contributed by atoms with Crippen LogP contribution in [-0.2, 0) is 0 Å². The van der Waals surface area contributed by atoms with Crippen LogP contribution >= 0.6 is 0 Å². The van der Waals surface area contributed by atoms with Gasteiger partial charge in [0.15, 0.2) is 0 Å². The van der Waals surface area contributed by atoms with Gasteiger partial charge in [-0.1, -0.05) is 6.42 Å². The molecule has 14 heavy (non-hydrogen) atoms. The van der Waals surface area contributed by atoms with Crippen molar-refractivity contribution in [3.05, 3.63) is 0 Å². The Balaban J connectivity index is 1.60. The highest BCUT2D eigenvalue weighted by Gasteiger charge is 2.13. The Morgan fingerprint density at radius 3 is 1.93 bits per heavy atom. The summed E-state index contributed by atoms with van der Waals surface area (Å²) in [4.78, 5) is 5.18. The van der Waals surface area contributed by atoms with Crippen molar-refractivity contribution in [2.45, 2.75) is 19.3 Å². The molecular weight excluding hydrogens is 174 g/mol. The molecule has 2 aliphatic rings. The minimum absolute atomic E-state index is 1.06. The van der Waals surface area contributed by atoms with Gasteiger partial charge in [-0.2, -0.15) is 0 Å². The van der Waals surface area contributed by atoms with Crippen LogP contribution in [0.15, 0.2) is 0 Å². The lowest BCUT2D eigenvalue weighted by molar-refractivity contribution is 0.170. The maximum atomic E-state index is 4.37. The highest BCUT2D eigenvalue weighted by molar-refractivity contribution is 4.70. The zero-order valence-corrected chi connectivity index (χ0v) is 9.12. The molecule has 0 bridgehead atoms. The quantitative estimate of drug-likeness (QED) is 0.651. The second kappa shape index (κ2) is 5.69. The van der Waals surface area contributed by atoms with Crippen LogP contribution in [0.1, 0.15) is 19.3 Å². The molecule has 0 aromatic carbocycles. The van der Waals surface area contributed by atoms with Crippen molar-refractivity contribution < 1.29 is 0 Å². The highest BCUT2D eigenvalue weighted by Crippen LogP contribution is 2.08. The Hall–Kier alpha value is -0.120. The fraction of sp³-hybridized carbons (Fsp3) is 1.00. The second-order valence-corrected chi connectivity index (χ2v) is 4.41. The molecule has 0 spiro atoms. The van der Waals surface area contributed by atoms with Gasteiger partial charge in [0.2, 0.25) is 0 Å². The lowest BCUT2D eigenvalue weighted by atomic mass is 10.1. The smallest absolute Gasteiger partial charge is 0.0261 e. The first-order chi connectivity index (χ1) is 6.95. The van der Waals surface area contributed by atoms with Gasteiger partial charge in [0.1, 0.15) is 0 Å². The number of rotatable bonds is 3.